The Morgan fingerprint density at radius 1 is 1.29 bits per heavy atom. The van der Waals surface area contributed by atoms with Gasteiger partial charge in [0.1, 0.15) is 12.7 Å². The summed E-state index contributed by atoms with van der Waals surface area (Å²) in [5.74, 6) is 0.776. The minimum absolute atomic E-state index is 0.402. The van der Waals surface area contributed by atoms with E-state index in [4.69, 9.17) is 0 Å². The maximum absolute atomic E-state index is 4.43. The fourth-order valence-electron chi connectivity index (χ4n) is 2.77. The molecular weight excluding hydrogens is 282 g/mol. The second kappa shape index (κ2) is 5.29. The van der Waals surface area contributed by atoms with Crippen LogP contribution in [0.2, 0.25) is 0 Å². The Balaban J connectivity index is 1.54. The van der Waals surface area contributed by atoms with Crippen LogP contribution in [0.5, 0.6) is 0 Å². The van der Waals surface area contributed by atoms with Crippen molar-refractivity contribution in [2.24, 2.45) is 0 Å². The van der Waals surface area contributed by atoms with Gasteiger partial charge >= 0.3 is 0 Å². The zero-order chi connectivity index (χ0) is 14.1. The van der Waals surface area contributed by atoms with E-state index in [0.717, 1.165) is 11.5 Å². The number of nitrogens with one attached hydrogen (secondary N) is 1. The summed E-state index contributed by atoms with van der Waals surface area (Å²) in [6, 6.07) is 6.64. The van der Waals surface area contributed by atoms with Crippen molar-refractivity contribution in [3.05, 3.63) is 52.9 Å². The molecule has 0 aromatic carbocycles. The van der Waals surface area contributed by atoms with Crippen LogP contribution in [0.1, 0.15) is 29.3 Å². The molecule has 21 heavy (non-hydrogen) atoms. The van der Waals surface area contributed by atoms with Gasteiger partial charge in [-0.05, 0) is 48.4 Å². The van der Waals surface area contributed by atoms with Gasteiger partial charge in [0.2, 0.25) is 0 Å². The van der Waals surface area contributed by atoms with Crippen molar-refractivity contribution in [3.63, 3.8) is 0 Å². The molecule has 0 radical (unpaired) electrons. The number of thiophene rings is 1. The molecule has 0 fully saturated rings. The number of anilines is 1. The van der Waals surface area contributed by atoms with E-state index in [1.165, 1.54) is 36.0 Å². The van der Waals surface area contributed by atoms with Gasteiger partial charge in [-0.2, -0.15) is 5.10 Å². The second-order valence-electron chi connectivity index (χ2n) is 5.13. The summed E-state index contributed by atoms with van der Waals surface area (Å²) in [5, 5.41) is 9.86. The van der Waals surface area contributed by atoms with Crippen LogP contribution < -0.4 is 5.32 Å². The highest BCUT2D eigenvalue weighted by Gasteiger charge is 2.20. The van der Waals surface area contributed by atoms with Crippen LogP contribution in [0.25, 0.3) is 5.82 Å². The fourth-order valence-corrected chi connectivity index (χ4v) is 3.76. The summed E-state index contributed by atoms with van der Waals surface area (Å²) in [7, 11) is 0. The molecule has 1 unspecified atom stereocenters. The molecule has 4 rings (SSSR count). The van der Waals surface area contributed by atoms with Crippen molar-refractivity contribution in [2.75, 3.05) is 5.32 Å². The van der Waals surface area contributed by atoms with Gasteiger partial charge in [-0.15, -0.1) is 11.3 Å². The van der Waals surface area contributed by atoms with E-state index >= 15 is 0 Å². The van der Waals surface area contributed by atoms with Crippen molar-refractivity contribution >= 4 is 17.0 Å². The molecule has 1 aliphatic carbocycles. The Morgan fingerprint density at radius 2 is 2.29 bits per heavy atom. The van der Waals surface area contributed by atoms with Gasteiger partial charge in [0, 0.05) is 4.88 Å². The van der Waals surface area contributed by atoms with E-state index in [1.54, 1.807) is 11.0 Å². The molecule has 3 heterocycles. The van der Waals surface area contributed by atoms with Crippen LogP contribution in [0, 0.1) is 0 Å². The SMILES string of the molecule is c1ncn(-c2ccc(NC3CCCc4sccc43)cn2)n1. The third kappa shape index (κ3) is 2.42. The van der Waals surface area contributed by atoms with Gasteiger partial charge in [0.05, 0.1) is 17.9 Å². The molecule has 0 spiro atoms. The molecule has 3 aromatic rings. The summed E-state index contributed by atoms with van der Waals surface area (Å²) >= 11 is 1.87. The Labute approximate surface area is 126 Å². The molecule has 1 atom stereocenters. The topological polar surface area (TPSA) is 55.6 Å². The maximum Gasteiger partial charge on any atom is 0.155 e. The number of fused-ring (bicyclic) bond motifs is 1. The Bertz CT molecular complexity index is 717. The van der Waals surface area contributed by atoms with E-state index < -0.39 is 0 Å². The zero-order valence-corrected chi connectivity index (χ0v) is 12.3. The summed E-state index contributed by atoms with van der Waals surface area (Å²) in [4.78, 5) is 9.88. The first kappa shape index (κ1) is 12.5. The van der Waals surface area contributed by atoms with Crippen molar-refractivity contribution in [3.8, 4) is 5.82 Å². The molecule has 6 heteroatoms. The average Bonchev–Trinajstić information content (AvgIpc) is 3.20. The predicted octanol–water partition coefficient (Wildman–Crippen LogP) is 3.21. The Kier molecular flexibility index (Phi) is 3.16. The van der Waals surface area contributed by atoms with Crippen molar-refractivity contribution < 1.29 is 0 Å². The predicted molar refractivity (Wildman–Crippen MR) is 82.8 cm³/mol. The standard InChI is InChI=1S/C15H15N5S/c1-2-13(12-6-7-21-14(12)3-1)19-11-4-5-15(17-8-11)20-10-16-9-18-20/h4-10,13,19H,1-3H2. The van der Waals surface area contributed by atoms with Gasteiger partial charge in [-0.25, -0.2) is 14.6 Å². The number of nitrogens with zero attached hydrogens (tertiary/aromatic N) is 4. The summed E-state index contributed by atoms with van der Waals surface area (Å²) < 4.78 is 1.65. The van der Waals surface area contributed by atoms with E-state index in [1.807, 2.05) is 29.7 Å². The molecule has 0 bridgehead atoms. The average molecular weight is 297 g/mol. The van der Waals surface area contributed by atoms with Gasteiger partial charge in [-0.3, -0.25) is 0 Å². The lowest BCUT2D eigenvalue weighted by Crippen LogP contribution is -2.15. The van der Waals surface area contributed by atoms with Crippen LogP contribution in [-0.2, 0) is 6.42 Å². The lowest BCUT2D eigenvalue weighted by atomic mass is 9.94. The van der Waals surface area contributed by atoms with Crippen LogP contribution in [0.15, 0.2) is 42.4 Å². The first-order valence-electron chi connectivity index (χ1n) is 7.04. The van der Waals surface area contributed by atoms with Gasteiger partial charge in [-0.1, -0.05) is 0 Å². The highest BCUT2D eigenvalue weighted by atomic mass is 32.1. The first-order chi connectivity index (χ1) is 10.4. The number of aromatic nitrogens is 4. The smallest absolute Gasteiger partial charge is 0.155 e. The van der Waals surface area contributed by atoms with Crippen molar-refractivity contribution in [2.45, 2.75) is 25.3 Å². The fraction of sp³-hybridized carbons (Fsp3) is 0.267. The van der Waals surface area contributed by atoms with Crippen LogP contribution in [0.3, 0.4) is 0 Å². The molecule has 106 valence electrons. The van der Waals surface area contributed by atoms with E-state index in [9.17, 15) is 0 Å². The molecule has 3 aromatic heterocycles. The minimum Gasteiger partial charge on any atom is -0.377 e. The first-order valence-corrected chi connectivity index (χ1v) is 7.92. The van der Waals surface area contributed by atoms with Crippen LogP contribution >= 0.6 is 11.3 Å². The molecule has 5 nitrogen and oxygen atoms in total. The largest absolute Gasteiger partial charge is 0.377 e. The maximum atomic E-state index is 4.43. The summed E-state index contributed by atoms with van der Waals surface area (Å²) in [5.41, 5.74) is 2.49. The monoisotopic (exact) mass is 297 g/mol. The number of aryl methyl sites for hydroxylation is 1. The normalized spacial score (nSPS) is 17.4. The van der Waals surface area contributed by atoms with Gasteiger partial charge in [0.25, 0.3) is 0 Å². The molecule has 1 N–H and O–H groups in total. The second-order valence-corrected chi connectivity index (χ2v) is 6.13. The van der Waals surface area contributed by atoms with E-state index in [2.05, 4.69) is 31.8 Å². The van der Waals surface area contributed by atoms with Crippen LogP contribution in [-0.4, -0.2) is 19.7 Å². The highest BCUT2D eigenvalue weighted by molar-refractivity contribution is 7.10. The number of hydrogen-bond donors (Lipinski definition) is 1. The summed E-state index contributed by atoms with van der Waals surface area (Å²) in [6.45, 7) is 0. The van der Waals surface area contributed by atoms with Crippen LogP contribution in [0.4, 0.5) is 5.69 Å². The third-order valence-corrected chi connectivity index (χ3v) is 4.79. The minimum atomic E-state index is 0.402. The number of hydrogen-bond acceptors (Lipinski definition) is 5. The number of pyridine rings is 1. The molecule has 0 saturated heterocycles. The van der Waals surface area contributed by atoms with Gasteiger partial charge < -0.3 is 5.32 Å². The lowest BCUT2D eigenvalue weighted by Gasteiger charge is -2.24. The van der Waals surface area contributed by atoms with Gasteiger partial charge in [0.15, 0.2) is 5.82 Å². The Morgan fingerprint density at radius 3 is 3.10 bits per heavy atom. The highest BCUT2D eigenvalue weighted by Crippen LogP contribution is 2.35. The van der Waals surface area contributed by atoms with Crippen molar-refractivity contribution in [1.29, 1.82) is 0 Å². The quantitative estimate of drug-likeness (QED) is 0.806. The molecule has 0 saturated carbocycles. The zero-order valence-electron chi connectivity index (χ0n) is 11.4. The van der Waals surface area contributed by atoms with E-state index in [-0.39, 0.29) is 0 Å². The van der Waals surface area contributed by atoms with Crippen molar-refractivity contribution in [1.82, 2.24) is 19.7 Å². The molecule has 0 amide bonds. The molecule has 1 aliphatic rings. The molecule has 0 aliphatic heterocycles. The molecular formula is C15H15N5S. The third-order valence-electron chi connectivity index (χ3n) is 3.79. The number of rotatable bonds is 3. The summed E-state index contributed by atoms with van der Waals surface area (Å²) in [6.07, 6.45) is 8.65. The van der Waals surface area contributed by atoms with E-state index in [0.29, 0.717) is 6.04 Å². The lowest BCUT2D eigenvalue weighted by molar-refractivity contribution is 0.608. The Hall–Kier alpha value is -2.21.